The molecule has 1 saturated heterocycles. The normalized spacial score (nSPS) is 18.9. The lowest BCUT2D eigenvalue weighted by Gasteiger charge is -2.22. The Morgan fingerprint density at radius 3 is 3.00 bits per heavy atom. The van der Waals surface area contributed by atoms with Crippen LogP contribution in [-0.2, 0) is 11.2 Å². The van der Waals surface area contributed by atoms with Crippen molar-refractivity contribution in [2.24, 2.45) is 0 Å². The number of carbonyl (C=O) groups is 2. The second-order valence-electron chi connectivity index (χ2n) is 6.23. The maximum atomic E-state index is 12.4. The van der Waals surface area contributed by atoms with Crippen LogP contribution < -0.4 is 16.0 Å². The van der Waals surface area contributed by atoms with Crippen molar-refractivity contribution in [1.29, 1.82) is 0 Å². The fourth-order valence-electron chi connectivity index (χ4n) is 3.22. The highest BCUT2D eigenvalue weighted by molar-refractivity contribution is 6.04. The van der Waals surface area contributed by atoms with Gasteiger partial charge in [-0.2, -0.15) is 5.10 Å². The molecule has 1 aromatic heterocycles. The molecule has 1 atom stereocenters. The van der Waals surface area contributed by atoms with Crippen LogP contribution in [0.3, 0.4) is 0 Å². The van der Waals surface area contributed by atoms with E-state index < -0.39 is 0 Å². The highest BCUT2D eigenvalue weighted by Gasteiger charge is 2.20. The third-order valence-corrected chi connectivity index (χ3v) is 4.47. The maximum absolute atomic E-state index is 12.4. The van der Waals surface area contributed by atoms with E-state index in [1.807, 2.05) is 23.0 Å². The summed E-state index contributed by atoms with van der Waals surface area (Å²) in [5.74, 6) is -0.261. The van der Waals surface area contributed by atoms with E-state index in [0.29, 0.717) is 23.8 Å². The van der Waals surface area contributed by atoms with Gasteiger partial charge in [0.2, 0.25) is 5.91 Å². The molecule has 0 radical (unpaired) electrons. The number of hydrogen-bond acceptors (Lipinski definition) is 4. The Morgan fingerprint density at radius 2 is 2.20 bits per heavy atom. The molecule has 2 aliphatic heterocycles. The highest BCUT2D eigenvalue weighted by atomic mass is 35.5. The number of benzene rings is 1. The number of anilines is 2. The van der Waals surface area contributed by atoms with Gasteiger partial charge >= 0.3 is 0 Å². The minimum atomic E-state index is -0.241. The van der Waals surface area contributed by atoms with Crippen LogP contribution in [0, 0.1) is 0 Å². The first kappa shape index (κ1) is 17.4. The Morgan fingerprint density at radius 1 is 1.32 bits per heavy atom. The zero-order chi connectivity index (χ0) is 16.5. The van der Waals surface area contributed by atoms with Crippen LogP contribution in [0.15, 0.2) is 30.5 Å². The van der Waals surface area contributed by atoms with Crippen molar-refractivity contribution in [3.8, 4) is 0 Å². The van der Waals surface area contributed by atoms with Crippen LogP contribution in [0.1, 0.15) is 34.9 Å². The monoisotopic (exact) mass is 361 g/mol. The summed E-state index contributed by atoms with van der Waals surface area (Å²) in [6.45, 7) is 1.93. The van der Waals surface area contributed by atoms with Crippen molar-refractivity contribution in [2.75, 3.05) is 23.7 Å². The van der Waals surface area contributed by atoms with Crippen molar-refractivity contribution in [1.82, 2.24) is 15.1 Å². The molecule has 0 saturated carbocycles. The summed E-state index contributed by atoms with van der Waals surface area (Å²) >= 11 is 0. The Balaban J connectivity index is 0.00000182. The molecule has 1 fully saturated rings. The van der Waals surface area contributed by atoms with E-state index in [9.17, 15) is 9.59 Å². The largest absolute Gasteiger partial charge is 0.326 e. The van der Waals surface area contributed by atoms with Gasteiger partial charge in [-0.05, 0) is 49.2 Å². The van der Waals surface area contributed by atoms with Crippen molar-refractivity contribution in [2.45, 2.75) is 25.3 Å². The van der Waals surface area contributed by atoms with Gasteiger partial charge in [-0.3, -0.25) is 14.3 Å². The first-order valence-electron chi connectivity index (χ1n) is 8.19. The summed E-state index contributed by atoms with van der Waals surface area (Å²) in [4.78, 5) is 23.8. The Kier molecular flexibility index (Phi) is 5.06. The first-order chi connectivity index (χ1) is 11.7. The molecule has 25 heavy (non-hydrogen) atoms. The van der Waals surface area contributed by atoms with Crippen molar-refractivity contribution in [3.63, 3.8) is 0 Å². The van der Waals surface area contributed by atoms with Crippen molar-refractivity contribution >= 4 is 35.6 Å². The number of rotatable bonds is 3. The minimum Gasteiger partial charge on any atom is -0.326 e. The lowest BCUT2D eigenvalue weighted by molar-refractivity contribution is -0.115. The number of nitrogens with one attached hydrogen (secondary N) is 3. The third-order valence-electron chi connectivity index (χ3n) is 4.47. The van der Waals surface area contributed by atoms with E-state index in [1.54, 1.807) is 12.1 Å². The molecule has 0 spiro atoms. The van der Waals surface area contributed by atoms with E-state index in [-0.39, 0.29) is 24.2 Å². The number of carbonyl (C=O) groups excluding carboxylic acids is 2. The molecule has 7 nitrogen and oxygen atoms in total. The average molecular weight is 362 g/mol. The second kappa shape index (κ2) is 7.25. The Hall–Kier alpha value is -2.38. The van der Waals surface area contributed by atoms with E-state index in [1.165, 1.54) is 0 Å². The van der Waals surface area contributed by atoms with Crippen LogP contribution in [0.2, 0.25) is 0 Å². The van der Waals surface area contributed by atoms with Gasteiger partial charge < -0.3 is 16.0 Å². The molecular formula is C17H20ClN5O2. The predicted molar refractivity (Wildman–Crippen MR) is 97.3 cm³/mol. The summed E-state index contributed by atoms with van der Waals surface area (Å²) in [6, 6.07) is 7.46. The topological polar surface area (TPSA) is 88.1 Å². The van der Waals surface area contributed by atoms with Gasteiger partial charge in [-0.25, -0.2) is 0 Å². The third kappa shape index (κ3) is 3.67. The fraction of sp³-hybridized carbons (Fsp3) is 0.353. The molecule has 2 amide bonds. The van der Waals surface area contributed by atoms with E-state index in [4.69, 9.17) is 0 Å². The molecular weight excluding hydrogens is 342 g/mol. The standard InChI is InChI=1S/C17H19N5O2.ClH/c23-16-9-11-8-12(3-4-14(11)20-16)19-17(24)15-5-7-22(21-15)13-2-1-6-18-10-13;/h3-5,7-8,13,18H,1-2,6,9-10H2,(H,19,24)(H,20,23);1H. The number of piperidine rings is 1. The molecule has 132 valence electrons. The molecule has 3 N–H and O–H groups in total. The van der Waals surface area contributed by atoms with Crippen molar-refractivity contribution in [3.05, 3.63) is 41.7 Å². The smallest absolute Gasteiger partial charge is 0.276 e. The van der Waals surface area contributed by atoms with Crippen LogP contribution in [0.25, 0.3) is 0 Å². The molecule has 3 heterocycles. The van der Waals surface area contributed by atoms with E-state index in [0.717, 1.165) is 37.2 Å². The van der Waals surface area contributed by atoms with Gasteiger partial charge in [0, 0.05) is 24.1 Å². The Labute approximate surface area is 151 Å². The zero-order valence-corrected chi connectivity index (χ0v) is 14.4. The molecule has 0 aliphatic carbocycles. The highest BCUT2D eigenvalue weighted by Crippen LogP contribution is 2.26. The van der Waals surface area contributed by atoms with Crippen LogP contribution in [0.4, 0.5) is 11.4 Å². The minimum absolute atomic E-state index is 0. The second-order valence-corrected chi connectivity index (χ2v) is 6.23. The number of nitrogens with zero attached hydrogens (tertiary/aromatic N) is 2. The van der Waals surface area contributed by atoms with Crippen LogP contribution >= 0.6 is 12.4 Å². The summed E-state index contributed by atoms with van der Waals surface area (Å²) in [6.07, 6.45) is 4.40. The lowest BCUT2D eigenvalue weighted by atomic mass is 10.1. The molecule has 0 bridgehead atoms. The van der Waals surface area contributed by atoms with Gasteiger partial charge in [0.15, 0.2) is 5.69 Å². The Bertz CT molecular complexity index is 798. The zero-order valence-electron chi connectivity index (χ0n) is 13.6. The van der Waals surface area contributed by atoms with Gasteiger partial charge in [0.25, 0.3) is 5.91 Å². The van der Waals surface area contributed by atoms with Crippen molar-refractivity contribution < 1.29 is 9.59 Å². The molecule has 1 aromatic carbocycles. The van der Waals surface area contributed by atoms with E-state index >= 15 is 0 Å². The maximum Gasteiger partial charge on any atom is 0.276 e. The predicted octanol–water partition coefficient (Wildman–Crippen LogP) is 1.98. The summed E-state index contributed by atoms with van der Waals surface area (Å²) in [7, 11) is 0. The quantitative estimate of drug-likeness (QED) is 0.780. The average Bonchev–Trinajstić information content (AvgIpc) is 3.21. The number of aromatic nitrogens is 2. The van der Waals surface area contributed by atoms with E-state index in [2.05, 4.69) is 21.0 Å². The number of hydrogen-bond donors (Lipinski definition) is 3. The molecule has 8 heteroatoms. The molecule has 2 aromatic rings. The molecule has 4 rings (SSSR count). The molecule has 2 aliphatic rings. The summed E-state index contributed by atoms with van der Waals surface area (Å²) < 4.78 is 1.87. The molecule has 1 unspecified atom stereocenters. The SMILES string of the molecule is Cl.O=C1Cc2cc(NC(=O)c3ccn(C4CCCNC4)n3)ccc2N1. The summed E-state index contributed by atoms with van der Waals surface area (Å²) in [5, 5.41) is 13.4. The van der Waals surface area contributed by atoms with Gasteiger partial charge in [-0.15, -0.1) is 12.4 Å². The van der Waals surface area contributed by atoms with Gasteiger partial charge in [0.05, 0.1) is 12.5 Å². The van der Waals surface area contributed by atoms with Gasteiger partial charge in [-0.1, -0.05) is 0 Å². The van der Waals surface area contributed by atoms with Crippen LogP contribution in [-0.4, -0.2) is 34.7 Å². The summed E-state index contributed by atoms with van der Waals surface area (Å²) in [5.41, 5.74) is 2.78. The lowest BCUT2D eigenvalue weighted by Crippen LogP contribution is -2.32. The van der Waals surface area contributed by atoms with Crippen LogP contribution in [0.5, 0.6) is 0 Å². The first-order valence-corrected chi connectivity index (χ1v) is 8.19. The number of halogens is 1. The number of fused-ring (bicyclic) bond motifs is 1. The fourth-order valence-corrected chi connectivity index (χ4v) is 3.22. The van der Waals surface area contributed by atoms with Gasteiger partial charge in [0.1, 0.15) is 0 Å². The number of amides is 2.